The van der Waals surface area contributed by atoms with Gasteiger partial charge in [0.2, 0.25) is 5.82 Å². The van der Waals surface area contributed by atoms with Crippen molar-refractivity contribution in [1.82, 2.24) is 24.8 Å². The molecule has 2 aromatic heterocycles. The Morgan fingerprint density at radius 3 is 2.74 bits per heavy atom. The number of rotatable bonds is 2. The number of anilines is 1. The van der Waals surface area contributed by atoms with Gasteiger partial charge in [-0.25, -0.2) is 4.39 Å². The summed E-state index contributed by atoms with van der Waals surface area (Å²) in [7, 11) is 0. The zero-order valence-corrected chi connectivity index (χ0v) is 16.9. The fraction of sp³-hybridized carbons (Fsp3) is 0.261. The molecule has 8 heteroatoms. The first kappa shape index (κ1) is 18.3. The summed E-state index contributed by atoms with van der Waals surface area (Å²) in [6, 6.07) is 15.3. The van der Waals surface area contributed by atoms with Crippen LogP contribution in [-0.4, -0.2) is 43.9 Å². The number of aromatic nitrogens is 5. The van der Waals surface area contributed by atoms with Gasteiger partial charge in [0.1, 0.15) is 5.82 Å². The number of benzene rings is 2. The van der Waals surface area contributed by atoms with Gasteiger partial charge in [0, 0.05) is 43.1 Å². The second kappa shape index (κ2) is 7.02. The molecule has 31 heavy (non-hydrogen) atoms. The average molecular weight is 415 g/mol. The number of hydrogen-bond donors (Lipinski definition) is 1. The minimum atomic E-state index is -0.243. The van der Waals surface area contributed by atoms with Crippen molar-refractivity contribution in [2.24, 2.45) is 5.73 Å². The molecule has 2 N–H and O–H groups in total. The molecule has 7 nitrogen and oxygen atoms in total. The maximum absolute atomic E-state index is 13.4. The monoisotopic (exact) mass is 415 g/mol. The lowest BCUT2D eigenvalue weighted by molar-refractivity contribution is 0.506. The molecular weight excluding hydrogens is 393 g/mol. The predicted octanol–water partition coefficient (Wildman–Crippen LogP) is 3.23. The third-order valence-electron chi connectivity index (χ3n) is 6.23. The third-order valence-corrected chi connectivity index (χ3v) is 6.23. The van der Waals surface area contributed by atoms with E-state index in [1.807, 2.05) is 0 Å². The van der Waals surface area contributed by atoms with Crippen molar-refractivity contribution in [3.05, 3.63) is 66.1 Å². The predicted molar refractivity (Wildman–Crippen MR) is 116 cm³/mol. The highest BCUT2D eigenvalue weighted by atomic mass is 19.1. The summed E-state index contributed by atoms with van der Waals surface area (Å²) >= 11 is 0. The minimum Gasteiger partial charge on any atom is -0.370 e. The van der Waals surface area contributed by atoms with Crippen LogP contribution < -0.4 is 10.6 Å². The van der Waals surface area contributed by atoms with E-state index in [2.05, 4.69) is 55.5 Å². The number of hydrogen-bond acceptors (Lipinski definition) is 5. The lowest BCUT2D eigenvalue weighted by Crippen LogP contribution is -2.42. The molecule has 0 radical (unpaired) electrons. The van der Waals surface area contributed by atoms with Crippen molar-refractivity contribution in [3.8, 4) is 28.3 Å². The van der Waals surface area contributed by atoms with Crippen molar-refractivity contribution in [1.29, 1.82) is 0 Å². The van der Waals surface area contributed by atoms with E-state index in [0.29, 0.717) is 12.4 Å². The first-order valence-corrected chi connectivity index (χ1v) is 10.5. The molecule has 1 saturated heterocycles. The first-order chi connectivity index (χ1) is 15.2. The van der Waals surface area contributed by atoms with Gasteiger partial charge >= 0.3 is 0 Å². The van der Waals surface area contributed by atoms with Crippen molar-refractivity contribution in [3.63, 3.8) is 0 Å². The van der Waals surface area contributed by atoms with Gasteiger partial charge in [0.15, 0.2) is 0 Å². The zero-order valence-electron chi connectivity index (χ0n) is 16.9. The number of nitrogens with two attached hydrogens (primary N) is 1. The Morgan fingerprint density at radius 1 is 1.03 bits per heavy atom. The molecule has 6 rings (SSSR count). The Morgan fingerprint density at radius 2 is 1.90 bits per heavy atom. The Balaban J connectivity index is 1.44. The van der Waals surface area contributed by atoms with Gasteiger partial charge in [-0.2, -0.15) is 4.68 Å². The summed E-state index contributed by atoms with van der Waals surface area (Å²) in [6.07, 6.45) is 4.27. The molecule has 1 fully saturated rings. The molecule has 0 spiro atoms. The molecule has 2 aliphatic heterocycles. The highest BCUT2D eigenvalue weighted by molar-refractivity contribution is 5.71. The van der Waals surface area contributed by atoms with E-state index in [1.165, 1.54) is 17.8 Å². The van der Waals surface area contributed by atoms with E-state index in [0.717, 1.165) is 54.0 Å². The molecule has 0 amide bonds. The lowest BCUT2D eigenvalue weighted by Gasteiger charge is -2.33. The molecule has 4 heterocycles. The van der Waals surface area contributed by atoms with E-state index in [1.54, 1.807) is 16.8 Å². The van der Waals surface area contributed by atoms with Crippen LogP contribution in [-0.2, 0) is 6.54 Å². The Kier molecular flexibility index (Phi) is 4.14. The molecule has 0 bridgehead atoms. The van der Waals surface area contributed by atoms with Crippen molar-refractivity contribution in [2.75, 3.05) is 18.0 Å². The average Bonchev–Trinajstić information content (AvgIpc) is 3.39. The quantitative estimate of drug-likeness (QED) is 0.479. The second-order valence-electron chi connectivity index (χ2n) is 8.32. The molecule has 1 atom stereocenters. The summed E-state index contributed by atoms with van der Waals surface area (Å²) in [4.78, 5) is 2.36. The van der Waals surface area contributed by atoms with Crippen LogP contribution in [0.4, 0.5) is 10.1 Å². The Bertz CT molecular complexity index is 1260. The van der Waals surface area contributed by atoms with Gasteiger partial charge in [0.25, 0.3) is 0 Å². The molecule has 2 aliphatic rings. The van der Waals surface area contributed by atoms with Gasteiger partial charge in [-0.3, -0.25) is 0 Å². The number of fused-ring (bicyclic) bond motifs is 5. The van der Waals surface area contributed by atoms with Crippen LogP contribution in [0.3, 0.4) is 0 Å². The van der Waals surface area contributed by atoms with E-state index in [4.69, 9.17) is 5.73 Å². The van der Waals surface area contributed by atoms with Crippen LogP contribution in [0.15, 0.2) is 54.7 Å². The number of nitrogens with zero attached hydrogens (tertiary/aromatic N) is 6. The highest BCUT2D eigenvalue weighted by Crippen LogP contribution is 2.34. The topological polar surface area (TPSA) is 77.8 Å². The van der Waals surface area contributed by atoms with Crippen molar-refractivity contribution < 1.29 is 4.39 Å². The van der Waals surface area contributed by atoms with Crippen LogP contribution in [0.5, 0.6) is 0 Å². The van der Waals surface area contributed by atoms with E-state index in [-0.39, 0.29) is 11.9 Å². The van der Waals surface area contributed by atoms with Crippen LogP contribution >= 0.6 is 0 Å². The van der Waals surface area contributed by atoms with Crippen LogP contribution in [0, 0.1) is 5.82 Å². The molecule has 2 aromatic carbocycles. The molecule has 0 saturated carbocycles. The van der Waals surface area contributed by atoms with Gasteiger partial charge in [-0.05, 0) is 70.8 Å². The molecule has 4 aromatic rings. The van der Waals surface area contributed by atoms with Gasteiger partial charge in [-0.1, -0.05) is 12.1 Å². The highest BCUT2D eigenvalue weighted by Gasteiger charge is 2.25. The standard InChI is InChI=1S/C23H22FN7/c24-18-5-3-15(4-6-18)16-11-22-23-26-27-28-31(23)21-8-7-20(10-17(21)13-30(22)12-16)29-9-1-2-19(25)14-29/h3-8,10-12,19H,1-2,9,13-14,25H2/t19-/m1/s1. The molecule has 0 unspecified atom stereocenters. The number of tetrazole rings is 1. The van der Waals surface area contributed by atoms with Crippen LogP contribution in [0.2, 0.25) is 0 Å². The Hall–Kier alpha value is -3.52. The lowest BCUT2D eigenvalue weighted by atomic mass is 10.0. The fourth-order valence-corrected chi connectivity index (χ4v) is 4.67. The largest absolute Gasteiger partial charge is 0.370 e. The summed E-state index contributed by atoms with van der Waals surface area (Å²) in [5.74, 6) is 0.451. The second-order valence-corrected chi connectivity index (χ2v) is 8.32. The maximum atomic E-state index is 13.4. The maximum Gasteiger partial charge on any atom is 0.203 e. The van der Waals surface area contributed by atoms with E-state index in [9.17, 15) is 4.39 Å². The Labute approximate surface area is 178 Å². The zero-order chi connectivity index (χ0) is 20.9. The number of piperidine rings is 1. The normalized spacial score (nSPS) is 17.6. The third kappa shape index (κ3) is 3.11. The smallest absolute Gasteiger partial charge is 0.203 e. The summed E-state index contributed by atoms with van der Waals surface area (Å²) in [5.41, 5.74) is 12.4. The van der Waals surface area contributed by atoms with E-state index < -0.39 is 0 Å². The molecule has 156 valence electrons. The van der Waals surface area contributed by atoms with Gasteiger partial charge in [0.05, 0.1) is 11.4 Å². The molecular formula is C23H22FN7. The van der Waals surface area contributed by atoms with Gasteiger partial charge in [-0.15, -0.1) is 5.10 Å². The van der Waals surface area contributed by atoms with Crippen LogP contribution in [0.1, 0.15) is 18.4 Å². The van der Waals surface area contributed by atoms with E-state index >= 15 is 0 Å². The minimum absolute atomic E-state index is 0.216. The number of halogens is 1. The van der Waals surface area contributed by atoms with Crippen LogP contribution in [0.25, 0.3) is 28.3 Å². The van der Waals surface area contributed by atoms with Crippen molar-refractivity contribution >= 4 is 5.69 Å². The SMILES string of the molecule is N[C@@H]1CCCN(c2ccc3c(c2)Cn2cc(-c4ccc(F)cc4)cc2-c2nnnn2-3)C1. The fourth-order valence-electron chi connectivity index (χ4n) is 4.67. The summed E-state index contributed by atoms with van der Waals surface area (Å²) in [5, 5.41) is 12.5. The first-order valence-electron chi connectivity index (χ1n) is 10.5. The summed E-state index contributed by atoms with van der Waals surface area (Å²) in [6.45, 7) is 2.58. The van der Waals surface area contributed by atoms with Gasteiger partial charge < -0.3 is 15.2 Å². The molecule has 0 aliphatic carbocycles. The van der Waals surface area contributed by atoms with Crippen molar-refractivity contribution in [2.45, 2.75) is 25.4 Å². The summed E-state index contributed by atoms with van der Waals surface area (Å²) < 4.78 is 17.3.